The molecule has 1 aliphatic heterocycles. The molecule has 1 fully saturated rings. The molecule has 5 nitrogen and oxygen atoms in total. The summed E-state index contributed by atoms with van der Waals surface area (Å²) in [7, 11) is 0. The zero-order valence-electron chi connectivity index (χ0n) is 11.5. The molecule has 0 spiro atoms. The zero-order valence-corrected chi connectivity index (χ0v) is 12.3. The van der Waals surface area contributed by atoms with Crippen LogP contribution < -0.4 is 9.80 Å². The number of nitrogens with zero attached hydrogens (tertiary/aromatic N) is 5. The van der Waals surface area contributed by atoms with Gasteiger partial charge >= 0.3 is 0 Å². The van der Waals surface area contributed by atoms with E-state index in [-0.39, 0.29) is 0 Å². The molecule has 0 saturated carbocycles. The van der Waals surface area contributed by atoms with Gasteiger partial charge in [-0.2, -0.15) is 0 Å². The lowest BCUT2D eigenvalue weighted by molar-refractivity contribution is 0.636. The summed E-state index contributed by atoms with van der Waals surface area (Å²) < 4.78 is 1.30. The summed E-state index contributed by atoms with van der Waals surface area (Å²) in [5.41, 5.74) is 0. The molecule has 21 heavy (non-hydrogen) atoms. The van der Waals surface area contributed by atoms with Crippen molar-refractivity contribution in [2.24, 2.45) is 0 Å². The molecule has 3 aromatic rings. The molecule has 4 heterocycles. The van der Waals surface area contributed by atoms with Gasteiger partial charge in [-0.3, -0.25) is 0 Å². The lowest BCUT2D eigenvalue weighted by Crippen LogP contribution is -2.47. The standard InChI is InChI=1S/C15H15N5S/c1-4-17-15(18-5-1)20-9-7-19(8-10-20)14-12-3-11-21-13(12)2-6-16-14/h1-6,11H,7-10H2. The number of anilines is 2. The first-order valence-corrected chi connectivity index (χ1v) is 7.89. The first kappa shape index (κ1) is 12.5. The summed E-state index contributed by atoms with van der Waals surface area (Å²) >= 11 is 1.77. The van der Waals surface area contributed by atoms with E-state index >= 15 is 0 Å². The summed E-state index contributed by atoms with van der Waals surface area (Å²) in [5, 5.41) is 3.39. The zero-order chi connectivity index (χ0) is 14.1. The molecule has 0 amide bonds. The normalized spacial score (nSPS) is 15.6. The molecule has 1 aliphatic rings. The van der Waals surface area contributed by atoms with Gasteiger partial charge in [-0.1, -0.05) is 0 Å². The van der Waals surface area contributed by atoms with Gasteiger partial charge in [-0.15, -0.1) is 11.3 Å². The lowest BCUT2D eigenvalue weighted by atomic mass is 10.2. The molecule has 6 heteroatoms. The van der Waals surface area contributed by atoms with Crippen molar-refractivity contribution in [1.29, 1.82) is 0 Å². The van der Waals surface area contributed by atoms with Crippen LogP contribution in [-0.2, 0) is 0 Å². The van der Waals surface area contributed by atoms with Gasteiger partial charge in [0.15, 0.2) is 0 Å². The predicted octanol–water partition coefficient (Wildman–Crippen LogP) is 2.41. The number of hydrogen-bond acceptors (Lipinski definition) is 6. The van der Waals surface area contributed by atoms with Crippen LogP contribution in [0.5, 0.6) is 0 Å². The van der Waals surface area contributed by atoms with Crippen molar-refractivity contribution < 1.29 is 0 Å². The Labute approximate surface area is 126 Å². The van der Waals surface area contributed by atoms with Gasteiger partial charge in [0.05, 0.1) is 0 Å². The topological polar surface area (TPSA) is 45.2 Å². The third-order valence-electron chi connectivity index (χ3n) is 3.77. The number of pyridine rings is 1. The van der Waals surface area contributed by atoms with Crippen LogP contribution in [0.1, 0.15) is 0 Å². The minimum Gasteiger partial charge on any atom is -0.353 e. The van der Waals surface area contributed by atoms with Crippen molar-refractivity contribution in [1.82, 2.24) is 15.0 Å². The van der Waals surface area contributed by atoms with Gasteiger partial charge in [-0.05, 0) is 23.6 Å². The number of hydrogen-bond donors (Lipinski definition) is 0. The summed E-state index contributed by atoms with van der Waals surface area (Å²) in [4.78, 5) is 17.8. The first-order valence-electron chi connectivity index (χ1n) is 7.01. The van der Waals surface area contributed by atoms with Crippen LogP contribution in [0.25, 0.3) is 10.1 Å². The Kier molecular flexibility index (Phi) is 3.16. The fraction of sp³-hybridized carbons (Fsp3) is 0.267. The monoisotopic (exact) mass is 297 g/mol. The third-order valence-corrected chi connectivity index (χ3v) is 4.66. The van der Waals surface area contributed by atoms with Gasteiger partial charge in [0.2, 0.25) is 5.95 Å². The van der Waals surface area contributed by atoms with E-state index in [2.05, 4.69) is 42.3 Å². The van der Waals surface area contributed by atoms with E-state index in [1.54, 1.807) is 23.7 Å². The Balaban J connectivity index is 1.54. The van der Waals surface area contributed by atoms with E-state index in [1.807, 2.05) is 12.3 Å². The fourth-order valence-corrected chi connectivity index (χ4v) is 3.48. The molecular formula is C15H15N5S. The van der Waals surface area contributed by atoms with Crippen molar-refractivity contribution in [2.45, 2.75) is 0 Å². The predicted molar refractivity (Wildman–Crippen MR) is 86.1 cm³/mol. The van der Waals surface area contributed by atoms with Gasteiger partial charge in [0.25, 0.3) is 0 Å². The molecule has 0 aromatic carbocycles. The average Bonchev–Trinajstić information content (AvgIpc) is 3.04. The maximum atomic E-state index is 4.58. The number of aromatic nitrogens is 3. The van der Waals surface area contributed by atoms with Crippen LogP contribution in [0.4, 0.5) is 11.8 Å². The maximum Gasteiger partial charge on any atom is 0.225 e. The molecule has 1 saturated heterocycles. The molecule has 0 unspecified atom stereocenters. The van der Waals surface area contributed by atoms with Crippen LogP contribution in [0.3, 0.4) is 0 Å². The third kappa shape index (κ3) is 2.31. The number of piperazine rings is 1. The van der Waals surface area contributed by atoms with Crippen LogP contribution >= 0.6 is 11.3 Å². The second-order valence-electron chi connectivity index (χ2n) is 4.99. The fourth-order valence-electron chi connectivity index (χ4n) is 2.70. The smallest absolute Gasteiger partial charge is 0.225 e. The Bertz CT molecular complexity index is 734. The van der Waals surface area contributed by atoms with E-state index in [0.29, 0.717) is 0 Å². The SMILES string of the molecule is c1cnc(N2CCN(c3nccc4sccc34)CC2)nc1. The second kappa shape index (κ2) is 5.29. The van der Waals surface area contributed by atoms with Crippen LogP contribution in [0.15, 0.2) is 42.2 Å². The molecule has 4 rings (SSSR count). The van der Waals surface area contributed by atoms with E-state index < -0.39 is 0 Å². The van der Waals surface area contributed by atoms with Crippen molar-refractivity contribution in [3.63, 3.8) is 0 Å². The van der Waals surface area contributed by atoms with Gasteiger partial charge in [0.1, 0.15) is 5.82 Å². The van der Waals surface area contributed by atoms with Crippen molar-refractivity contribution in [3.8, 4) is 0 Å². The Morgan fingerprint density at radius 2 is 1.62 bits per heavy atom. The Morgan fingerprint density at radius 1 is 0.857 bits per heavy atom. The summed E-state index contributed by atoms with van der Waals surface area (Å²) in [6.07, 6.45) is 5.49. The van der Waals surface area contributed by atoms with Crippen molar-refractivity contribution >= 4 is 33.2 Å². The Morgan fingerprint density at radius 3 is 2.43 bits per heavy atom. The molecule has 0 radical (unpaired) electrons. The summed E-state index contributed by atoms with van der Waals surface area (Å²) in [5.74, 6) is 1.92. The van der Waals surface area contributed by atoms with E-state index in [4.69, 9.17) is 0 Å². The molecule has 3 aromatic heterocycles. The number of fused-ring (bicyclic) bond motifs is 1. The van der Waals surface area contributed by atoms with Gasteiger partial charge in [0, 0.05) is 54.9 Å². The van der Waals surface area contributed by atoms with E-state index in [9.17, 15) is 0 Å². The quantitative estimate of drug-likeness (QED) is 0.727. The summed E-state index contributed by atoms with van der Waals surface area (Å²) in [6, 6.07) is 6.09. The van der Waals surface area contributed by atoms with Gasteiger partial charge < -0.3 is 9.80 Å². The molecule has 106 valence electrons. The van der Waals surface area contributed by atoms with Gasteiger partial charge in [-0.25, -0.2) is 15.0 Å². The van der Waals surface area contributed by atoms with Crippen molar-refractivity contribution in [2.75, 3.05) is 36.0 Å². The molecular weight excluding hydrogens is 282 g/mol. The maximum absolute atomic E-state index is 4.58. The molecule has 0 N–H and O–H groups in total. The molecule has 0 bridgehead atoms. The van der Waals surface area contributed by atoms with E-state index in [0.717, 1.165) is 37.9 Å². The van der Waals surface area contributed by atoms with Crippen LogP contribution in [0, 0.1) is 0 Å². The highest BCUT2D eigenvalue weighted by Crippen LogP contribution is 2.29. The highest BCUT2D eigenvalue weighted by atomic mass is 32.1. The first-order chi connectivity index (χ1) is 10.4. The van der Waals surface area contributed by atoms with E-state index in [1.165, 1.54) is 10.1 Å². The highest BCUT2D eigenvalue weighted by molar-refractivity contribution is 7.17. The number of rotatable bonds is 2. The number of thiophene rings is 1. The van der Waals surface area contributed by atoms with Crippen LogP contribution in [0.2, 0.25) is 0 Å². The average molecular weight is 297 g/mol. The highest BCUT2D eigenvalue weighted by Gasteiger charge is 2.21. The minimum absolute atomic E-state index is 0.818. The largest absolute Gasteiger partial charge is 0.353 e. The minimum atomic E-state index is 0.818. The summed E-state index contributed by atoms with van der Waals surface area (Å²) in [6.45, 7) is 3.73. The lowest BCUT2D eigenvalue weighted by Gasteiger charge is -2.35. The Hall–Kier alpha value is -2.21. The molecule has 0 aliphatic carbocycles. The van der Waals surface area contributed by atoms with Crippen molar-refractivity contribution in [3.05, 3.63) is 42.2 Å². The second-order valence-corrected chi connectivity index (χ2v) is 5.94. The van der Waals surface area contributed by atoms with Crippen LogP contribution in [-0.4, -0.2) is 41.1 Å². The molecule has 0 atom stereocenters.